The number of azo groups is 1. The Kier molecular flexibility index (Phi) is 6.88. The highest BCUT2D eigenvalue weighted by molar-refractivity contribution is 7.87. The second-order valence-electron chi connectivity index (χ2n) is 8.07. The molecule has 4 aromatic rings. The number of rotatable bonds is 6. The van der Waals surface area contributed by atoms with Crippen LogP contribution in [0.4, 0.5) is 17.1 Å². The number of aromatic hydroxyl groups is 1. The second-order valence-corrected chi connectivity index (χ2v) is 13.7. The van der Waals surface area contributed by atoms with Gasteiger partial charge >= 0.3 is 0 Å². The summed E-state index contributed by atoms with van der Waals surface area (Å²) in [6.07, 6.45) is 0. The molecule has 0 heterocycles. The van der Waals surface area contributed by atoms with Crippen molar-refractivity contribution < 1.29 is 57.0 Å². The lowest BCUT2D eigenvalue weighted by molar-refractivity contribution is 0.471. The van der Waals surface area contributed by atoms with Gasteiger partial charge in [0.15, 0.2) is 5.75 Å². The molecule has 0 aromatic heterocycles. The summed E-state index contributed by atoms with van der Waals surface area (Å²) in [4.78, 5) is -4.31. The van der Waals surface area contributed by atoms with E-state index in [2.05, 4.69) is 10.2 Å². The van der Waals surface area contributed by atoms with Crippen LogP contribution < -0.4 is 5.73 Å². The maximum Gasteiger partial charge on any atom is 0.296 e. The molecule has 0 saturated heterocycles. The summed E-state index contributed by atoms with van der Waals surface area (Å²) in [5.74, 6) is -0.909. The molecule has 0 amide bonds. The smallest absolute Gasteiger partial charge is 0.296 e. The largest absolute Gasteiger partial charge is 0.505 e. The molecule has 0 saturated carbocycles. The molecule has 0 bridgehead atoms. The van der Waals surface area contributed by atoms with Gasteiger partial charge in [-0.05, 0) is 53.2 Å². The molecule has 0 aliphatic heterocycles. The van der Waals surface area contributed by atoms with Crippen molar-refractivity contribution in [3.05, 3.63) is 48.5 Å². The fourth-order valence-corrected chi connectivity index (χ4v) is 6.35. The molecule has 6 N–H and O–H groups in total. The van der Waals surface area contributed by atoms with E-state index < -0.39 is 88.0 Å². The van der Waals surface area contributed by atoms with Crippen molar-refractivity contribution in [3.8, 4) is 5.75 Å². The second kappa shape index (κ2) is 9.42. The van der Waals surface area contributed by atoms with Crippen LogP contribution in [0.25, 0.3) is 21.5 Å². The Morgan fingerprint density at radius 1 is 0.575 bits per heavy atom. The van der Waals surface area contributed by atoms with Gasteiger partial charge in [0.2, 0.25) is 0 Å². The van der Waals surface area contributed by atoms with Gasteiger partial charge in [-0.25, -0.2) is 0 Å². The first kappa shape index (κ1) is 29.2. The fraction of sp³-hybridized carbons (Fsp3) is 0. The maximum atomic E-state index is 12.1. The van der Waals surface area contributed by atoms with E-state index in [1.807, 2.05) is 0 Å². The van der Waals surface area contributed by atoms with Crippen molar-refractivity contribution in [2.24, 2.45) is 10.2 Å². The maximum absolute atomic E-state index is 12.1. The van der Waals surface area contributed by atoms with E-state index in [1.54, 1.807) is 0 Å². The van der Waals surface area contributed by atoms with Gasteiger partial charge in [-0.1, -0.05) is 6.07 Å². The van der Waals surface area contributed by atoms with Gasteiger partial charge < -0.3 is 10.8 Å². The van der Waals surface area contributed by atoms with E-state index in [1.165, 1.54) is 12.1 Å². The molecular weight excluding hydrogens is 618 g/mol. The lowest BCUT2D eigenvalue weighted by Crippen LogP contribution is -2.05. The third-order valence-electron chi connectivity index (χ3n) is 5.41. The molecule has 0 unspecified atom stereocenters. The van der Waals surface area contributed by atoms with E-state index in [0.29, 0.717) is 24.3 Å². The van der Waals surface area contributed by atoms with Gasteiger partial charge in [0.05, 0.1) is 10.6 Å². The van der Waals surface area contributed by atoms with Crippen LogP contribution in [0.5, 0.6) is 5.75 Å². The number of phenols is 1. The van der Waals surface area contributed by atoms with E-state index in [-0.39, 0.29) is 16.5 Å². The summed E-state index contributed by atoms with van der Waals surface area (Å²) in [6, 6.07) is 6.61. The van der Waals surface area contributed by atoms with Crippen LogP contribution in [0.3, 0.4) is 0 Å². The molecule has 0 fully saturated rings. The summed E-state index contributed by atoms with van der Waals surface area (Å²) >= 11 is 0. The van der Waals surface area contributed by atoms with Gasteiger partial charge in [0.1, 0.15) is 26.1 Å². The lowest BCUT2D eigenvalue weighted by atomic mass is 10.1. The minimum Gasteiger partial charge on any atom is -0.505 e. The number of benzene rings is 4. The van der Waals surface area contributed by atoms with Crippen LogP contribution >= 0.6 is 0 Å². The zero-order valence-electron chi connectivity index (χ0n) is 19.1. The highest BCUT2D eigenvalue weighted by atomic mass is 32.2. The first-order valence-electron chi connectivity index (χ1n) is 10.1. The van der Waals surface area contributed by atoms with E-state index in [0.717, 1.165) is 12.1 Å². The predicted molar refractivity (Wildman–Crippen MR) is 136 cm³/mol. The Balaban J connectivity index is 2.11. The molecule has 1 radical (unpaired) electrons. The van der Waals surface area contributed by atoms with Crippen molar-refractivity contribution >= 4 is 79.1 Å². The Bertz CT molecular complexity index is 2230. The number of hydrogen-bond donors (Lipinski definition) is 5. The average molecular weight is 633 g/mol. The van der Waals surface area contributed by atoms with Gasteiger partial charge in [-0.3, -0.25) is 18.2 Å². The summed E-state index contributed by atoms with van der Waals surface area (Å²) < 4.78 is 134. The molecule has 0 aliphatic carbocycles. The van der Waals surface area contributed by atoms with E-state index in [9.17, 15) is 57.0 Å². The minimum absolute atomic E-state index is 0.0526. The van der Waals surface area contributed by atoms with Crippen LogP contribution in [0.1, 0.15) is 0 Å². The SMILES string of the molecule is [NH]c1ccc2cc(S(=O)(=O)O)c(/N=N/c3cc4c(S(=O)(=O)O)cc(S(=O)(=O)O)cc4cc3S(=O)(=O)O)c(O)c2c1. The monoisotopic (exact) mass is 632 g/mol. The first-order valence-corrected chi connectivity index (χ1v) is 15.9. The zero-order chi connectivity index (χ0) is 30.0. The number of nitrogens with one attached hydrogen (secondary N) is 1. The number of phenolic OH excluding ortho intramolecular Hbond substituents is 1. The molecule has 16 nitrogen and oxygen atoms in total. The zero-order valence-corrected chi connectivity index (χ0v) is 22.4. The Morgan fingerprint density at radius 3 is 1.70 bits per heavy atom. The van der Waals surface area contributed by atoms with Crippen LogP contribution in [0.2, 0.25) is 0 Å². The summed E-state index contributed by atoms with van der Waals surface area (Å²) in [5, 5.41) is 16.5. The van der Waals surface area contributed by atoms with Gasteiger partial charge in [0, 0.05) is 10.8 Å². The van der Waals surface area contributed by atoms with Crippen LogP contribution in [0, 0.1) is 0 Å². The summed E-state index contributed by atoms with van der Waals surface area (Å²) in [6.45, 7) is 0. The first-order chi connectivity index (χ1) is 18.2. The molecule has 4 rings (SSSR count). The quantitative estimate of drug-likeness (QED) is 0.151. The van der Waals surface area contributed by atoms with Crippen LogP contribution in [0.15, 0.2) is 78.3 Å². The van der Waals surface area contributed by atoms with Crippen molar-refractivity contribution in [3.63, 3.8) is 0 Å². The number of hydrogen-bond acceptors (Lipinski definition) is 11. The highest BCUT2D eigenvalue weighted by Crippen LogP contribution is 2.43. The van der Waals surface area contributed by atoms with Crippen molar-refractivity contribution in [1.29, 1.82) is 0 Å². The normalized spacial score (nSPS) is 13.4. The molecule has 20 heteroatoms. The third-order valence-corrected chi connectivity index (χ3v) is 8.88. The summed E-state index contributed by atoms with van der Waals surface area (Å²) in [5.41, 5.74) is 5.76. The molecule has 211 valence electrons. The van der Waals surface area contributed by atoms with Gasteiger partial charge in [0.25, 0.3) is 40.5 Å². The average Bonchev–Trinajstić information content (AvgIpc) is 2.80. The van der Waals surface area contributed by atoms with Crippen LogP contribution in [-0.2, 0) is 40.5 Å². The summed E-state index contributed by atoms with van der Waals surface area (Å²) in [7, 11) is -20.7. The standard InChI is InChI=1S/C20H14N3O13S4/c21-11-2-1-9-4-18(40(34,35)36)19(20(24)14(9)6-11)23-22-15-8-13-10(5-17(15)39(31,32)33)3-12(37(25,26)27)7-16(13)38(28,29)30/h1-8,21,24H,(H,25,26,27)(H,28,29,30)(H,31,32,33)(H,34,35,36)/b23-22+. The van der Waals surface area contributed by atoms with Crippen molar-refractivity contribution in [1.82, 2.24) is 5.73 Å². The van der Waals surface area contributed by atoms with Crippen molar-refractivity contribution in [2.45, 2.75) is 19.6 Å². The topological polar surface area (TPSA) is 286 Å². The molecular formula is C20H14N3O13S4. The number of fused-ring (bicyclic) bond motifs is 2. The third kappa shape index (κ3) is 5.59. The van der Waals surface area contributed by atoms with Gasteiger partial charge in [-0.15, -0.1) is 10.2 Å². The molecule has 0 spiro atoms. The molecule has 0 aliphatic rings. The van der Waals surface area contributed by atoms with Gasteiger partial charge in [-0.2, -0.15) is 33.7 Å². The predicted octanol–water partition coefficient (Wildman–Crippen LogP) is 3.02. The minimum atomic E-state index is -5.25. The fourth-order valence-electron chi connectivity index (χ4n) is 3.70. The number of nitrogens with zero attached hydrogens (tertiary/aromatic N) is 2. The Morgan fingerprint density at radius 2 is 1.15 bits per heavy atom. The van der Waals surface area contributed by atoms with E-state index >= 15 is 0 Å². The van der Waals surface area contributed by atoms with E-state index in [4.69, 9.17) is 5.73 Å². The molecule has 0 atom stereocenters. The van der Waals surface area contributed by atoms with Crippen molar-refractivity contribution in [2.75, 3.05) is 0 Å². The Hall–Kier alpha value is -3.76. The molecule has 4 aromatic carbocycles. The molecule has 40 heavy (non-hydrogen) atoms. The highest BCUT2D eigenvalue weighted by Gasteiger charge is 2.26. The van der Waals surface area contributed by atoms with Crippen LogP contribution in [-0.4, -0.2) is 57.0 Å². The lowest BCUT2D eigenvalue weighted by Gasteiger charge is -2.11. The Labute approximate surface area is 225 Å².